The first kappa shape index (κ1) is 21.2. The molecule has 5 aliphatic rings. The highest BCUT2D eigenvalue weighted by molar-refractivity contribution is 6.00. The second-order valence-corrected chi connectivity index (χ2v) is 11.6. The number of fused-ring (bicyclic) bond motifs is 2. The maximum Gasteiger partial charge on any atom is 0.315 e. The molecule has 0 radical (unpaired) electrons. The largest absolute Gasteiger partial charge is 0.481 e. The lowest BCUT2D eigenvalue weighted by molar-refractivity contribution is -0.184. The average Bonchev–Trinajstić information content (AvgIpc) is 3.32. The number of carboxylic acid groups (broad SMARTS) is 1. The molecular weight excluding hydrogens is 390 g/mol. The number of allylic oxidation sites excluding steroid dienone is 1. The molecular formula is C26H37NO4. The zero-order chi connectivity index (χ0) is 22.2. The summed E-state index contributed by atoms with van der Waals surface area (Å²) < 4.78 is 0. The highest BCUT2D eigenvalue weighted by Crippen LogP contribution is 2.82. The molecule has 5 rings (SSSR count). The number of carbonyl (C=O) groups excluding carboxylic acids is 2. The van der Waals surface area contributed by atoms with E-state index in [-0.39, 0.29) is 35.6 Å². The second kappa shape index (κ2) is 6.92. The Morgan fingerprint density at radius 3 is 2.45 bits per heavy atom. The molecule has 0 spiro atoms. The van der Waals surface area contributed by atoms with Crippen LogP contribution < -0.4 is 5.32 Å². The Kier molecular flexibility index (Phi) is 4.74. The molecule has 1 amide bonds. The van der Waals surface area contributed by atoms with E-state index in [1.165, 1.54) is 6.42 Å². The molecule has 170 valence electrons. The van der Waals surface area contributed by atoms with Gasteiger partial charge in [-0.3, -0.25) is 9.59 Å². The van der Waals surface area contributed by atoms with Crippen molar-refractivity contribution in [3.63, 3.8) is 0 Å². The lowest BCUT2D eigenvalue weighted by atomic mass is 9.42. The van der Waals surface area contributed by atoms with E-state index in [0.29, 0.717) is 18.8 Å². The van der Waals surface area contributed by atoms with Crippen LogP contribution in [0.2, 0.25) is 0 Å². The fourth-order valence-electron chi connectivity index (χ4n) is 9.16. The fraction of sp³-hybridized carbons (Fsp3) is 0.808. The molecule has 4 fully saturated rings. The van der Waals surface area contributed by atoms with Crippen LogP contribution in [-0.2, 0) is 14.4 Å². The summed E-state index contributed by atoms with van der Waals surface area (Å²) in [5.74, 6) is -0.446. The standard InChI is InChI=1S/C26H37NO4/c1-15(2)21-11-17-12-24(14-28)20-10-9-16(3)19(20)13-25(17,26(21,24)23(30)31)22(29)27-18-7-5-4-6-8-18/h11,14-20H,4-10,12-13H2,1-3H3,(H,27,29)(H,30,31)/t16-,17+,19-,20-,24+,25-,26-/m1/s1. The summed E-state index contributed by atoms with van der Waals surface area (Å²) >= 11 is 0. The molecule has 7 atom stereocenters. The van der Waals surface area contributed by atoms with Crippen LogP contribution in [0.1, 0.15) is 78.6 Å². The maximum absolute atomic E-state index is 14.2. The monoisotopic (exact) mass is 427 g/mol. The molecule has 4 bridgehead atoms. The normalized spacial score (nSPS) is 46.0. The minimum atomic E-state index is -1.40. The van der Waals surface area contributed by atoms with Crippen molar-refractivity contribution in [1.82, 2.24) is 5.32 Å². The lowest BCUT2D eigenvalue weighted by Gasteiger charge is -2.57. The molecule has 5 nitrogen and oxygen atoms in total. The minimum Gasteiger partial charge on any atom is -0.481 e. The Bertz CT molecular complexity index is 842. The Hall–Kier alpha value is -1.65. The van der Waals surface area contributed by atoms with E-state index < -0.39 is 22.2 Å². The van der Waals surface area contributed by atoms with Crippen LogP contribution in [0.4, 0.5) is 0 Å². The molecule has 0 unspecified atom stereocenters. The number of nitrogens with one attached hydrogen (secondary N) is 1. The Labute approximate surface area is 185 Å². The molecule has 2 N–H and O–H groups in total. The van der Waals surface area contributed by atoms with Crippen LogP contribution in [0.15, 0.2) is 11.6 Å². The first-order chi connectivity index (χ1) is 14.8. The molecule has 5 heteroatoms. The third-order valence-corrected chi connectivity index (χ3v) is 10.3. The van der Waals surface area contributed by atoms with Gasteiger partial charge >= 0.3 is 5.97 Å². The van der Waals surface area contributed by atoms with Crippen LogP contribution in [0, 0.1) is 45.8 Å². The summed E-state index contributed by atoms with van der Waals surface area (Å²) in [6, 6.07) is 0.133. The van der Waals surface area contributed by atoms with Crippen LogP contribution >= 0.6 is 0 Å². The molecule has 5 aliphatic carbocycles. The van der Waals surface area contributed by atoms with Crippen LogP contribution in [-0.4, -0.2) is 29.3 Å². The molecule has 0 aromatic carbocycles. The van der Waals surface area contributed by atoms with Crippen molar-refractivity contribution in [1.29, 1.82) is 0 Å². The number of hydrogen-bond donors (Lipinski definition) is 2. The van der Waals surface area contributed by atoms with E-state index in [1.807, 2.05) is 13.8 Å². The molecule has 0 saturated heterocycles. The minimum absolute atomic E-state index is 0.00189. The summed E-state index contributed by atoms with van der Waals surface area (Å²) in [4.78, 5) is 40.6. The molecule has 0 heterocycles. The Morgan fingerprint density at radius 1 is 1.13 bits per heavy atom. The fourth-order valence-corrected chi connectivity index (χ4v) is 9.16. The van der Waals surface area contributed by atoms with Gasteiger partial charge in [-0.1, -0.05) is 58.1 Å². The Balaban J connectivity index is 1.69. The Morgan fingerprint density at radius 2 is 1.84 bits per heavy atom. The highest BCUT2D eigenvalue weighted by atomic mass is 16.4. The van der Waals surface area contributed by atoms with E-state index >= 15 is 0 Å². The van der Waals surface area contributed by atoms with E-state index in [2.05, 4.69) is 18.3 Å². The number of amides is 1. The first-order valence-corrected chi connectivity index (χ1v) is 12.5. The third-order valence-electron chi connectivity index (χ3n) is 10.3. The smallest absolute Gasteiger partial charge is 0.315 e. The van der Waals surface area contributed by atoms with Gasteiger partial charge in [0.2, 0.25) is 5.91 Å². The van der Waals surface area contributed by atoms with Crippen molar-refractivity contribution >= 4 is 18.2 Å². The van der Waals surface area contributed by atoms with Crippen molar-refractivity contribution < 1.29 is 19.5 Å². The average molecular weight is 428 g/mol. The summed E-state index contributed by atoms with van der Waals surface area (Å²) in [6.45, 7) is 6.27. The topological polar surface area (TPSA) is 83.5 Å². The van der Waals surface area contributed by atoms with Crippen molar-refractivity contribution in [3.8, 4) is 0 Å². The van der Waals surface area contributed by atoms with Gasteiger partial charge in [-0.25, -0.2) is 0 Å². The molecule has 0 aliphatic heterocycles. The number of rotatable bonds is 5. The number of carboxylic acids is 1. The van der Waals surface area contributed by atoms with Gasteiger partial charge in [0.05, 0.1) is 10.8 Å². The summed E-state index contributed by atoms with van der Waals surface area (Å²) in [5, 5.41) is 14.3. The predicted molar refractivity (Wildman–Crippen MR) is 117 cm³/mol. The lowest BCUT2D eigenvalue weighted by Crippen LogP contribution is -2.66. The van der Waals surface area contributed by atoms with Crippen molar-refractivity contribution in [2.45, 2.75) is 84.6 Å². The molecule has 31 heavy (non-hydrogen) atoms. The molecule has 4 saturated carbocycles. The van der Waals surface area contributed by atoms with Gasteiger partial charge in [-0.15, -0.1) is 0 Å². The van der Waals surface area contributed by atoms with Gasteiger partial charge in [0.15, 0.2) is 0 Å². The van der Waals surface area contributed by atoms with Gasteiger partial charge in [0, 0.05) is 6.04 Å². The van der Waals surface area contributed by atoms with Gasteiger partial charge in [-0.2, -0.15) is 0 Å². The molecule has 0 aromatic heterocycles. The van der Waals surface area contributed by atoms with E-state index in [9.17, 15) is 19.5 Å². The van der Waals surface area contributed by atoms with Crippen molar-refractivity contribution in [2.24, 2.45) is 45.8 Å². The van der Waals surface area contributed by atoms with Crippen LogP contribution in [0.3, 0.4) is 0 Å². The molecule has 0 aromatic rings. The quantitative estimate of drug-likeness (QED) is 0.504. The zero-order valence-corrected chi connectivity index (χ0v) is 19.2. The number of carbonyl (C=O) groups is 3. The maximum atomic E-state index is 14.2. The highest BCUT2D eigenvalue weighted by Gasteiger charge is 2.86. The van der Waals surface area contributed by atoms with Gasteiger partial charge in [0.1, 0.15) is 11.7 Å². The van der Waals surface area contributed by atoms with E-state index in [4.69, 9.17) is 0 Å². The number of hydrogen-bond acceptors (Lipinski definition) is 3. The SMILES string of the molecule is CC(C)C1=C[C@H]2C[C@]3(C=O)[C@@H]4CC[C@@H](C)[C@H]4C[C@@]2(C(=O)NC2CCCCC2)[C@@]13C(=O)O. The zero-order valence-electron chi connectivity index (χ0n) is 19.2. The van der Waals surface area contributed by atoms with Gasteiger partial charge < -0.3 is 15.2 Å². The van der Waals surface area contributed by atoms with Crippen molar-refractivity contribution in [2.75, 3.05) is 0 Å². The van der Waals surface area contributed by atoms with E-state index in [0.717, 1.165) is 50.4 Å². The first-order valence-electron chi connectivity index (χ1n) is 12.5. The van der Waals surface area contributed by atoms with Gasteiger partial charge in [0.25, 0.3) is 0 Å². The third kappa shape index (κ3) is 2.31. The predicted octanol–water partition coefficient (Wildman–Crippen LogP) is 4.36. The van der Waals surface area contributed by atoms with Gasteiger partial charge in [-0.05, 0) is 61.7 Å². The van der Waals surface area contributed by atoms with Crippen molar-refractivity contribution in [3.05, 3.63) is 11.6 Å². The summed E-state index contributed by atoms with van der Waals surface area (Å²) in [6.07, 6.45) is 11.5. The summed E-state index contributed by atoms with van der Waals surface area (Å²) in [7, 11) is 0. The van der Waals surface area contributed by atoms with E-state index in [1.54, 1.807) is 0 Å². The summed E-state index contributed by atoms with van der Waals surface area (Å²) in [5.41, 5.74) is -2.56. The number of aliphatic carboxylic acids is 1. The second-order valence-electron chi connectivity index (χ2n) is 11.6. The number of aldehydes is 1. The van der Waals surface area contributed by atoms with Crippen LogP contribution in [0.5, 0.6) is 0 Å². The van der Waals surface area contributed by atoms with Crippen LogP contribution in [0.25, 0.3) is 0 Å².